The summed E-state index contributed by atoms with van der Waals surface area (Å²) in [5.41, 5.74) is 2.02. The van der Waals surface area contributed by atoms with Gasteiger partial charge < -0.3 is 9.80 Å². The van der Waals surface area contributed by atoms with Crippen LogP contribution in [0, 0.1) is 5.82 Å². The van der Waals surface area contributed by atoms with E-state index in [4.69, 9.17) is 4.98 Å². The molecule has 1 saturated heterocycles. The summed E-state index contributed by atoms with van der Waals surface area (Å²) in [6, 6.07) is 14.6. The van der Waals surface area contributed by atoms with Crippen molar-refractivity contribution in [3.05, 3.63) is 64.9 Å². The van der Waals surface area contributed by atoms with Gasteiger partial charge in [0.25, 0.3) is 5.91 Å². The summed E-state index contributed by atoms with van der Waals surface area (Å²) in [6.45, 7) is 2.99. The lowest BCUT2D eigenvalue weighted by Gasteiger charge is -2.29. The molecular weight excluding hydrogens is 373 g/mol. The Morgan fingerprint density at radius 2 is 2.04 bits per heavy atom. The van der Waals surface area contributed by atoms with Crippen LogP contribution in [0.2, 0.25) is 0 Å². The molecule has 0 bridgehead atoms. The highest BCUT2D eigenvalue weighted by Crippen LogP contribution is 2.30. The van der Waals surface area contributed by atoms with Gasteiger partial charge in [0.05, 0.1) is 29.2 Å². The van der Waals surface area contributed by atoms with Crippen LogP contribution in [0.25, 0.3) is 10.2 Å². The Bertz CT molecular complexity index is 923. The van der Waals surface area contributed by atoms with E-state index in [0.717, 1.165) is 37.0 Å². The fourth-order valence-electron chi connectivity index (χ4n) is 3.89. The molecule has 4 rings (SSSR count). The van der Waals surface area contributed by atoms with Crippen molar-refractivity contribution in [1.29, 1.82) is 0 Å². The first-order valence-corrected chi connectivity index (χ1v) is 10.6. The lowest BCUT2D eigenvalue weighted by atomic mass is 9.98. The van der Waals surface area contributed by atoms with Crippen LogP contribution in [-0.2, 0) is 11.3 Å². The third kappa shape index (κ3) is 4.39. The van der Waals surface area contributed by atoms with Crippen LogP contribution < -0.4 is 4.90 Å². The molecule has 3 aromatic rings. The summed E-state index contributed by atoms with van der Waals surface area (Å²) in [6.07, 6.45) is 2.26. The largest absolute Gasteiger partial charge is 0.337 e. The summed E-state index contributed by atoms with van der Waals surface area (Å²) < 4.78 is 14.3. The first-order valence-electron chi connectivity index (χ1n) is 9.76. The SMILES string of the molecule is CN(Cc1ccc(F)cc1)C(=O)C[NH+]1CCC[C@@H](c2nc3ccccc3s2)C1. The van der Waals surface area contributed by atoms with E-state index in [1.807, 2.05) is 13.1 Å². The average Bonchev–Trinajstić information content (AvgIpc) is 3.14. The number of likely N-dealkylation sites (tertiary alicyclic amines) is 1. The molecule has 1 unspecified atom stereocenters. The van der Waals surface area contributed by atoms with E-state index < -0.39 is 0 Å². The number of likely N-dealkylation sites (N-methyl/N-ethyl adjacent to an activating group) is 1. The Kier molecular flexibility index (Phi) is 5.69. The smallest absolute Gasteiger partial charge is 0.277 e. The number of benzene rings is 2. The quantitative estimate of drug-likeness (QED) is 0.718. The van der Waals surface area contributed by atoms with E-state index in [1.165, 1.54) is 26.7 Å². The van der Waals surface area contributed by atoms with Crippen molar-refractivity contribution in [2.75, 3.05) is 26.7 Å². The Labute approximate surface area is 168 Å². The predicted octanol–water partition coefficient (Wildman–Crippen LogP) is 2.86. The number of aromatic nitrogens is 1. The van der Waals surface area contributed by atoms with Gasteiger partial charge in [0, 0.05) is 13.6 Å². The number of carbonyl (C=O) groups excluding carboxylic acids is 1. The van der Waals surface area contributed by atoms with Crippen LogP contribution >= 0.6 is 11.3 Å². The van der Waals surface area contributed by atoms with Crippen molar-refractivity contribution in [3.8, 4) is 0 Å². The third-order valence-electron chi connectivity index (χ3n) is 5.44. The van der Waals surface area contributed by atoms with Crippen LogP contribution in [0.15, 0.2) is 48.5 Å². The molecular formula is C22H25FN3OS+. The molecule has 1 N–H and O–H groups in total. The molecule has 1 aromatic heterocycles. The number of piperidine rings is 1. The third-order valence-corrected chi connectivity index (χ3v) is 6.64. The van der Waals surface area contributed by atoms with Gasteiger partial charge in [-0.25, -0.2) is 9.37 Å². The van der Waals surface area contributed by atoms with Crippen LogP contribution in [0.3, 0.4) is 0 Å². The number of hydrogen-bond acceptors (Lipinski definition) is 3. The van der Waals surface area contributed by atoms with Crippen molar-refractivity contribution in [2.24, 2.45) is 0 Å². The van der Waals surface area contributed by atoms with E-state index in [0.29, 0.717) is 19.0 Å². The van der Waals surface area contributed by atoms with Gasteiger partial charge in [-0.2, -0.15) is 0 Å². The molecule has 1 fully saturated rings. The zero-order valence-electron chi connectivity index (χ0n) is 16.0. The number of halogens is 1. The van der Waals surface area contributed by atoms with Crippen LogP contribution in [-0.4, -0.2) is 42.5 Å². The summed E-state index contributed by atoms with van der Waals surface area (Å²) in [4.78, 5) is 20.6. The summed E-state index contributed by atoms with van der Waals surface area (Å²) in [5.74, 6) is 0.303. The van der Waals surface area contributed by atoms with E-state index in [2.05, 4.69) is 18.2 Å². The molecule has 6 heteroatoms. The van der Waals surface area contributed by atoms with Crippen LogP contribution in [0.5, 0.6) is 0 Å². The van der Waals surface area contributed by atoms with Crippen molar-refractivity contribution in [3.63, 3.8) is 0 Å². The molecule has 146 valence electrons. The number of amides is 1. The number of quaternary nitrogens is 1. The van der Waals surface area contributed by atoms with Crippen LogP contribution in [0.4, 0.5) is 4.39 Å². The number of carbonyl (C=O) groups is 1. The van der Waals surface area contributed by atoms with Gasteiger partial charge in [-0.1, -0.05) is 24.3 Å². The van der Waals surface area contributed by atoms with Crippen molar-refractivity contribution in [1.82, 2.24) is 9.88 Å². The molecule has 0 aliphatic carbocycles. The van der Waals surface area contributed by atoms with Crippen molar-refractivity contribution < 1.29 is 14.1 Å². The number of hydrogen-bond donors (Lipinski definition) is 1. The monoisotopic (exact) mass is 398 g/mol. The van der Waals surface area contributed by atoms with Crippen LogP contribution in [0.1, 0.15) is 29.3 Å². The number of nitrogens with one attached hydrogen (secondary N) is 1. The Hall–Kier alpha value is -2.31. The number of thiazole rings is 1. The minimum Gasteiger partial charge on any atom is -0.337 e. The molecule has 0 spiro atoms. The Balaban J connectivity index is 1.36. The molecule has 1 aliphatic heterocycles. The average molecular weight is 399 g/mol. The number of fused-ring (bicyclic) bond motifs is 1. The molecule has 2 aromatic carbocycles. The first kappa shape index (κ1) is 19.0. The summed E-state index contributed by atoms with van der Waals surface area (Å²) in [7, 11) is 1.82. The van der Waals surface area contributed by atoms with Gasteiger partial charge in [-0.05, 0) is 42.7 Å². The molecule has 1 amide bonds. The van der Waals surface area contributed by atoms with E-state index >= 15 is 0 Å². The highest BCUT2D eigenvalue weighted by molar-refractivity contribution is 7.18. The maximum atomic E-state index is 13.0. The highest BCUT2D eigenvalue weighted by Gasteiger charge is 2.29. The number of rotatable bonds is 5. The first-order chi connectivity index (χ1) is 13.6. The Morgan fingerprint density at radius 1 is 1.25 bits per heavy atom. The fourth-order valence-corrected chi connectivity index (χ4v) is 4.99. The van der Waals surface area contributed by atoms with E-state index in [-0.39, 0.29) is 11.7 Å². The minimum atomic E-state index is -0.253. The Morgan fingerprint density at radius 3 is 2.82 bits per heavy atom. The normalized spacial score (nSPS) is 19.6. The fraction of sp³-hybridized carbons (Fsp3) is 0.364. The van der Waals surface area contributed by atoms with E-state index in [1.54, 1.807) is 28.4 Å². The number of nitrogens with zero attached hydrogens (tertiary/aromatic N) is 2. The second-order valence-electron chi connectivity index (χ2n) is 7.62. The van der Waals surface area contributed by atoms with Crippen molar-refractivity contribution in [2.45, 2.75) is 25.3 Å². The second-order valence-corrected chi connectivity index (χ2v) is 8.68. The lowest BCUT2D eigenvalue weighted by molar-refractivity contribution is -0.898. The van der Waals surface area contributed by atoms with Gasteiger partial charge in [0.2, 0.25) is 0 Å². The minimum absolute atomic E-state index is 0.129. The van der Waals surface area contributed by atoms with Crippen molar-refractivity contribution >= 4 is 27.5 Å². The summed E-state index contributed by atoms with van der Waals surface area (Å²) >= 11 is 1.78. The van der Waals surface area contributed by atoms with E-state index in [9.17, 15) is 9.18 Å². The lowest BCUT2D eigenvalue weighted by Crippen LogP contribution is -3.14. The highest BCUT2D eigenvalue weighted by atomic mass is 32.1. The topological polar surface area (TPSA) is 37.6 Å². The predicted molar refractivity (Wildman–Crippen MR) is 110 cm³/mol. The molecule has 0 saturated carbocycles. The zero-order valence-corrected chi connectivity index (χ0v) is 16.8. The number of para-hydroxylation sites is 1. The standard InChI is InChI=1S/C22H24FN3OS/c1-25(13-16-8-10-18(23)11-9-16)21(27)15-26-12-4-5-17(14-26)22-24-19-6-2-3-7-20(19)28-22/h2-3,6-11,17H,4-5,12-15H2,1H3/p+1/t17-/m1/s1. The zero-order chi connectivity index (χ0) is 19.5. The molecule has 0 radical (unpaired) electrons. The van der Waals surface area contributed by atoms with Gasteiger partial charge in [-0.3, -0.25) is 4.79 Å². The van der Waals surface area contributed by atoms with Gasteiger partial charge in [0.1, 0.15) is 10.8 Å². The maximum absolute atomic E-state index is 13.0. The molecule has 28 heavy (non-hydrogen) atoms. The van der Waals surface area contributed by atoms with Gasteiger partial charge in [0.15, 0.2) is 6.54 Å². The molecule has 4 nitrogen and oxygen atoms in total. The molecule has 2 atom stereocenters. The molecule has 1 aliphatic rings. The van der Waals surface area contributed by atoms with Gasteiger partial charge in [-0.15, -0.1) is 11.3 Å². The molecule has 2 heterocycles. The maximum Gasteiger partial charge on any atom is 0.277 e. The van der Waals surface area contributed by atoms with Gasteiger partial charge >= 0.3 is 0 Å². The second kappa shape index (κ2) is 8.37. The summed E-state index contributed by atoms with van der Waals surface area (Å²) in [5, 5.41) is 1.20.